The van der Waals surface area contributed by atoms with E-state index in [0.717, 1.165) is 0 Å². The van der Waals surface area contributed by atoms with Crippen molar-refractivity contribution < 1.29 is 29.3 Å². The van der Waals surface area contributed by atoms with Crippen LogP contribution >= 0.6 is 0 Å². The number of ether oxygens (including phenoxy) is 1. The first-order valence-corrected chi connectivity index (χ1v) is 7.72. The molecule has 7 nitrogen and oxygen atoms in total. The number of carboxylic acids is 2. The average molecular weight is 327 g/mol. The van der Waals surface area contributed by atoms with E-state index in [-0.39, 0.29) is 24.3 Å². The van der Waals surface area contributed by atoms with Crippen molar-refractivity contribution in [1.82, 2.24) is 4.90 Å². The van der Waals surface area contributed by atoms with E-state index in [1.807, 2.05) is 0 Å². The molecule has 0 radical (unpaired) electrons. The number of hydrogen-bond donors (Lipinski definition) is 2. The minimum atomic E-state index is -1.09. The van der Waals surface area contributed by atoms with Crippen LogP contribution in [0.25, 0.3) is 0 Å². The van der Waals surface area contributed by atoms with Gasteiger partial charge in [0.15, 0.2) is 0 Å². The van der Waals surface area contributed by atoms with Gasteiger partial charge in [-0.25, -0.2) is 0 Å². The Morgan fingerprint density at radius 1 is 1.26 bits per heavy atom. The minimum absolute atomic E-state index is 0.161. The maximum Gasteiger partial charge on any atom is 0.307 e. The smallest absolute Gasteiger partial charge is 0.307 e. The number of carbonyl (C=O) groups excluding carboxylic acids is 1. The molecule has 0 aromatic heterocycles. The van der Waals surface area contributed by atoms with Gasteiger partial charge in [-0.15, -0.1) is 0 Å². The Morgan fingerprint density at radius 3 is 2.43 bits per heavy atom. The summed E-state index contributed by atoms with van der Waals surface area (Å²) in [6, 6.07) is 0. The largest absolute Gasteiger partial charge is 0.481 e. The number of aliphatic carboxylic acids is 2. The molecule has 0 bridgehead atoms. The van der Waals surface area contributed by atoms with E-state index in [0.29, 0.717) is 26.0 Å². The van der Waals surface area contributed by atoms with Gasteiger partial charge >= 0.3 is 11.9 Å². The Balaban J connectivity index is 2.47. The number of hydrogen-bond acceptors (Lipinski definition) is 4. The second-order valence-electron chi connectivity index (χ2n) is 6.07. The van der Waals surface area contributed by atoms with Crippen LogP contribution in [-0.4, -0.2) is 59.3 Å². The first-order valence-electron chi connectivity index (χ1n) is 7.72. The van der Waals surface area contributed by atoms with Gasteiger partial charge in [-0.1, -0.05) is 13.5 Å². The van der Waals surface area contributed by atoms with Gasteiger partial charge in [-0.2, -0.15) is 0 Å². The van der Waals surface area contributed by atoms with Gasteiger partial charge in [-0.05, 0) is 31.3 Å². The summed E-state index contributed by atoms with van der Waals surface area (Å²) in [5, 5.41) is 18.5. The third-order valence-electron chi connectivity index (χ3n) is 4.34. The monoisotopic (exact) mass is 327 g/mol. The van der Waals surface area contributed by atoms with Crippen LogP contribution in [-0.2, 0) is 19.1 Å². The molecule has 0 aromatic carbocycles. The van der Waals surface area contributed by atoms with Crippen molar-refractivity contribution in [2.75, 3.05) is 20.2 Å². The van der Waals surface area contributed by atoms with Gasteiger partial charge in [0.2, 0.25) is 5.91 Å². The zero-order chi connectivity index (χ0) is 17.6. The first-order chi connectivity index (χ1) is 10.8. The van der Waals surface area contributed by atoms with Crippen molar-refractivity contribution in [2.24, 2.45) is 17.8 Å². The molecule has 23 heavy (non-hydrogen) atoms. The lowest BCUT2D eigenvalue weighted by Crippen LogP contribution is -2.43. The van der Waals surface area contributed by atoms with Crippen LogP contribution in [0.5, 0.6) is 0 Å². The SMILES string of the molecule is C=CC(=O)N(C)CCCOC1CC(C)C(C(=O)O)C(C(=O)O)C1. The van der Waals surface area contributed by atoms with Gasteiger partial charge in [0.25, 0.3) is 0 Å². The van der Waals surface area contributed by atoms with E-state index in [1.165, 1.54) is 11.0 Å². The zero-order valence-corrected chi connectivity index (χ0v) is 13.6. The molecule has 0 heterocycles. The van der Waals surface area contributed by atoms with Gasteiger partial charge in [0, 0.05) is 20.2 Å². The zero-order valence-electron chi connectivity index (χ0n) is 13.6. The maximum atomic E-state index is 11.3. The second-order valence-corrected chi connectivity index (χ2v) is 6.07. The highest BCUT2D eigenvalue weighted by atomic mass is 16.5. The van der Waals surface area contributed by atoms with Crippen LogP contribution in [0.1, 0.15) is 26.2 Å². The quantitative estimate of drug-likeness (QED) is 0.513. The molecule has 4 unspecified atom stereocenters. The van der Waals surface area contributed by atoms with Crippen molar-refractivity contribution >= 4 is 17.8 Å². The van der Waals surface area contributed by atoms with Crippen LogP contribution in [0.3, 0.4) is 0 Å². The van der Waals surface area contributed by atoms with E-state index >= 15 is 0 Å². The van der Waals surface area contributed by atoms with E-state index < -0.39 is 23.8 Å². The second kappa shape index (κ2) is 8.67. The number of carbonyl (C=O) groups is 3. The van der Waals surface area contributed by atoms with Crippen LogP contribution in [0.15, 0.2) is 12.7 Å². The summed E-state index contributed by atoms with van der Waals surface area (Å²) in [5.41, 5.74) is 0. The predicted octanol–water partition coefficient (Wildman–Crippen LogP) is 1.24. The number of nitrogens with zero attached hydrogens (tertiary/aromatic N) is 1. The van der Waals surface area contributed by atoms with Gasteiger partial charge < -0.3 is 19.8 Å². The normalized spacial score (nSPS) is 27.2. The summed E-state index contributed by atoms with van der Waals surface area (Å²) in [4.78, 5) is 35.4. The molecule has 1 rings (SSSR count). The summed E-state index contributed by atoms with van der Waals surface area (Å²) in [5.74, 6) is -4.36. The molecule has 0 saturated heterocycles. The number of rotatable bonds is 8. The third-order valence-corrected chi connectivity index (χ3v) is 4.34. The lowest BCUT2D eigenvalue weighted by atomic mass is 9.71. The Labute approximate surface area is 135 Å². The Kier molecular flexibility index (Phi) is 7.22. The standard InChI is InChI=1S/C16H25NO6/c1-4-13(18)17(3)6-5-7-23-11-8-10(2)14(16(21)22)12(9-11)15(19)20/h4,10-12,14H,1,5-9H2,2-3H3,(H,19,20)(H,21,22). The lowest BCUT2D eigenvalue weighted by Gasteiger charge is -2.36. The van der Waals surface area contributed by atoms with Gasteiger partial charge in [-0.3, -0.25) is 14.4 Å². The van der Waals surface area contributed by atoms with Crippen LogP contribution < -0.4 is 0 Å². The third kappa shape index (κ3) is 5.35. The molecule has 1 aliphatic rings. The number of amides is 1. The highest BCUT2D eigenvalue weighted by molar-refractivity contribution is 5.86. The Hall–Kier alpha value is -1.89. The van der Waals surface area contributed by atoms with Crippen LogP contribution in [0.2, 0.25) is 0 Å². The summed E-state index contributed by atoms with van der Waals surface area (Å²) in [6.07, 6.45) is 2.34. The molecule has 2 N–H and O–H groups in total. The molecule has 1 fully saturated rings. The van der Waals surface area contributed by atoms with Crippen molar-refractivity contribution in [3.63, 3.8) is 0 Å². The fraction of sp³-hybridized carbons (Fsp3) is 0.688. The molecular formula is C16H25NO6. The van der Waals surface area contributed by atoms with E-state index in [9.17, 15) is 24.6 Å². The number of carboxylic acid groups (broad SMARTS) is 2. The molecule has 0 aliphatic heterocycles. The highest BCUT2D eigenvalue weighted by Crippen LogP contribution is 2.36. The van der Waals surface area contributed by atoms with E-state index in [4.69, 9.17) is 4.74 Å². The van der Waals surface area contributed by atoms with E-state index in [1.54, 1.807) is 14.0 Å². The van der Waals surface area contributed by atoms with Gasteiger partial charge in [0.05, 0.1) is 17.9 Å². The van der Waals surface area contributed by atoms with Gasteiger partial charge in [0.1, 0.15) is 0 Å². The minimum Gasteiger partial charge on any atom is -0.481 e. The summed E-state index contributed by atoms with van der Waals surface area (Å²) in [7, 11) is 1.67. The molecule has 1 saturated carbocycles. The van der Waals surface area contributed by atoms with Crippen molar-refractivity contribution in [2.45, 2.75) is 32.3 Å². The lowest BCUT2D eigenvalue weighted by molar-refractivity contribution is -0.162. The maximum absolute atomic E-state index is 11.3. The van der Waals surface area contributed by atoms with Crippen LogP contribution in [0.4, 0.5) is 0 Å². The number of likely N-dealkylation sites (N-methyl/N-ethyl adjacent to an activating group) is 1. The Bertz CT molecular complexity index is 463. The Morgan fingerprint density at radius 2 is 1.91 bits per heavy atom. The fourth-order valence-corrected chi connectivity index (χ4v) is 3.11. The molecule has 1 aliphatic carbocycles. The van der Waals surface area contributed by atoms with E-state index in [2.05, 4.69) is 6.58 Å². The van der Waals surface area contributed by atoms with Crippen LogP contribution in [0, 0.1) is 17.8 Å². The van der Waals surface area contributed by atoms with Crippen molar-refractivity contribution in [3.05, 3.63) is 12.7 Å². The topological polar surface area (TPSA) is 104 Å². The summed E-state index contributed by atoms with van der Waals surface area (Å²) in [6.45, 7) is 6.08. The average Bonchev–Trinajstić information content (AvgIpc) is 2.49. The predicted molar refractivity (Wildman–Crippen MR) is 82.8 cm³/mol. The van der Waals surface area contributed by atoms with Crippen molar-refractivity contribution in [1.29, 1.82) is 0 Å². The highest BCUT2D eigenvalue weighted by Gasteiger charge is 2.44. The molecule has 4 atom stereocenters. The molecular weight excluding hydrogens is 302 g/mol. The first kappa shape index (κ1) is 19.2. The molecule has 1 amide bonds. The molecule has 0 aromatic rings. The molecule has 0 spiro atoms. The summed E-state index contributed by atoms with van der Waals surface area (Å²) >= 11 is 0. The fourth-order valence-electron chi connectivity index (χ4n) is 3.11. The molecule has 7 heteroatoms. The summed E-state index contributed by atoms with van der Waals surface area (Å²) < 4.78 is 5.71. The van der Waals surface area contributed by atoms with Crippen molar-refractivity contribution in [3.8, 4) is 0 Å². The molecule has 130 valence electrons.